The van der Waals surface area contributed by atoms with E-state index in [9.17, 15) is 32.9 Å². The van der Waals surface area contributed by atoms with Crippen LogP contribution in [-0.4, -0.2) is 42.8 Å². The molecule has 0 radical (unpaired) electrons. The van der Waals surface area contributed by atoms with Crippen LogP contribution in [0.3, 0.4) is 0 Å². The van der Waals surface area contributed by atoms with E-state index >= 15 is 0 Å². The normalized spacial score (nSPS) is 12.9. The lowest BCUT2D eigenvalue weighted by atomic mass is 9.91. The third kappa shape index (κ3) is 5.41. The van der Waals surface area contributed by atoms with E-state index in [-0.39, 0.29) is 13.2 Å². The highest BCUT2D eigenvalue weighted by atomic mass is 19.4. The number of halogens is 3. The first-order valence-corrected chi connectivity index (χ1v) is 5.66. The Bertz CT molecular complexity index is 352. The van der Waals surface area contributed by atoms with Gasteiger partial charge in [0.2, 0.25) is 6.54 Å². The summed E-state index contributed by atoms with van der Waals surface area (Å²) >= 11 is 0. The van der Waals surface area contributed by atoms with E-state index in [1.165, 1.54) is 13.8 Å². The number of alkyl halides is 3. The number of nitrogens with zero attached hydrogens (tertiary/aromatic N) is 1. The molecule has 0 heterocycles. The lowest BCUT2D eigenvalue weighted by molar-refractivity contribution is -0.499. The predicted octanol–water partition coefficient (Wildman–Crippen LogP) is 1.18. The van der Waals surface area contributed by atoms with Gasteiger partial charge in [0, 0.05) is 4.92 Å². The molecule has 0 bridgehead atoms. The van der Waals surface area contributed by atoms with E-state index in [1.54, 1.807) is 0 Å². The van der Waals surface area contributed by atoms with E-state index in [1.807, 2.05) is 0 Å². The maximum Gasteiger partial charge on any atom is 0.399 e. The average Bonchev–Trinajstić information content (AvgIpc) is 2.27. The Morgan fingerprint density at radius 1 is 1.15 bits per heavy atom. The number of hydrogen-bond acceptors (Lipinski definition) is 6. The summed E-state index contributed by atoms with van der Waals surface area (Å²) < 4.78 is 47.2. The minimum absolute atomic E-state index is 0.266. The van der Waals surface area contributed by atoms with Gasteiger partial charge in [-0.25, -0.2) is 0 Å². The van der Waals surface area contributed by atoms with Crippen molar-refractivity contribution >= 4 is 11.9 Å². The van der Waals surface area contributed by atoms with Crippen molar-refractivity contribution < 1.29 is 37.2 Å². The molecule has 0 fully saturated rings. The minimum Gasteiger partial charge on any atom is -0.465 e. The van der Waals surface area contributed by atoms with Gasteiger partial charge in [0.25, 0.3) is 0 Å². The fourth-order valence-electron chi connectivity index (χ4n) is 1.45. The number of carbonyl (C=O) groups is 2. The lowest BCUT2D eigenvalue weighted by Crippen LogP contribution is -2.45. The lowest BCUT2D eigenvalue weighted by Gasteiger charge is -2.23. The molecular weight excluding hydrogens is 287 g/mol. The Kier molecular flexibility index (Phi) is 6.94. The summed E-state index contributed by atoms with van der Waals surface area (Å²) in [5, 5.41) is 10.3. The van der Waals surface area contributed by atoms with Gasteiger partial charge in [0.15, 0.2) is 5.92 Å². The summed E-state index contributed by atoms with van der Waals surface area (Å²) in [7, 11) is 0. The zero-order valence-electron chi connectivity index (χ0n) is 10.8. The summed E-state index contributed by atoms with van der Waals surface area (Å²) in [6, 6.07) is 0. The highest BCUT2D eigenvalue weighted by Crippen LogP contribution is 2.34. The molecule has 1 unspecified atom stereocenters. The molecule has 0 aromatic rings. The molecule has 0 aliphatic heterocycles. The van der Waals surface area contributed by atoms with E-state index in [4.69, 9.17) is 0 Å². The number of rotatable bonds is 7. The summed E-state index contributed by atoms with van der Waals surface area (Å²) in [5.41, 5.74) is 0. The molecule has 0 amide bonds. The number of esters is 2. The highest BCUT2D eigenvalue weighted by Gasteiger charge is 2.55. The third-order valence-corrected chi connectivity index (χ3v) is 2.25. The van der Waals surface area contributed by atoms with Crippen molar-refractivity contribution in [2.45, 2.75) is 20.0 Å². The van der Waals surface area contributed by atoms with Crippen LogP contribution in [0.25, 0.3) is 0 Å². The maximum atomic E-state index is 12.8. The first kappa shape index (κ1) is 18.1. The predicted molar refractivity (Wildman–Crippen MR) is 58.2 cm³/mol. The van der Waals surface area contributed by atoms with Crippen molar-refractivity contribution in [3.8, 4) is 0 Å². The van der Waals surface area contributed by atoms with Crippen LogP contribution in [-0.2, 0) is 19.1 Å². The van der Waals surface area contributed by atoms with Gasteiger partial charge in [-0.15, -0.1) is 0 Å². The van der Waals surface area contributed by atoms with E-state index in [2.05, 4.69) is 9.47 Å². The first-order chi connectivity index (χ1) is 9.15. The second-order valence-electron chi connectivity index (χ2n) is 3.65. The minimum atomic E-state index is -5.11. The molecule has 0 spiro atoms. The third-order valence-electron chi connectivity index (χ3n) is 2.25. The van der Waals surface area contributed by atoms with Crippen molar-refractivity contribution in [3.05, 3.63) is 10.1 Å². The number of hydrogen-bond donors (Lipinski definition) is 0. The summed E-state index contributed by atoms with van der Waals surface area (Å²) in [5.74, 6) is -8.18. The van der Waals surface area contributed by atoms with Crippen LogP contribution in [0.5, 0.6) is 0 Å². The van der Waals surface area contributed by atoms with Crippen molar-refractivity contribution in [2.75, 3.05) is 19.8 Å². The average molecular weight is 301 g/mol. The fraction of sp³-hybridized carbons (Fsp3) is 0.800. The molecule has 20 heavy (non-hydrogen) atoms. The molecule has 0 saturated heterocycles. The Morgan fingerprint density at radius 3 is 1.80 bits per heavy atom. The SMILES string of the molecule is CCOC(=O)C(C(=O)OCC)C(C[N+](=O)[O-])C(F)(F)F. The highest BCUT2D eigenvalue weighted by molar-refractivity contribution is 5.95. The molecule has 116 valence electrons. The number of carbonyl (C=O) groups excluding carboxylic acids is 2. The van der Waals surface area contributed by atoms with Crippen LogP contribution in [0.15, 0.2) is 0 Å². The van der Waals surface area contributed by atoms with Gasteiger partial charge in [-0.2, -0.15) is 13.2 Å². The largest absolute Gasteiger partial charge is 0.465 e. The second-order valence-corrected chi connectivity index (χ2v) is 3.65. The van der Waals surface area contributed by atoms with Gasteiger partial charge in [-0.3, -0.25) is 19.7 Å². The summed E-state index contributed by atoms with van der Waals surface area (Å²) in [6.07, 6.45) is -5.11. The maximum absolute atomic E-state index is 12.8. The smallest absolute Gasteiger partial charge is 0.399 e. The van der Waals surface area contributed by atoms with Crippen molar-refractivity contribution in [1.82, 2.24) is 0 Å². The Labute approximate surface area is 112 Å². The van der Waals surface area contributed by atoms with Crippen molar-refractivity contribution in [3.63, 3.8) is 0 Å². The second kappa shape index (κ2) is 7.65. The zero-order valence-corrected chi connectivity index (χ0v) is 10.8. The molecule has 0 rings (SSSR count). The molecule has 0 aliphatic rings. The van der Waals surface area contributed by atoms with Crippen molar-refractivity contribution in [2.24, 2.45) is 11.8 Å². The fourth-order valence-corrected chi connectivity index (χ4v) is 1.45. The first-order valence-electron chi connectivity index (χ1n) is 5.66. The molecule has 1 atom stereocenters. The van der Waals surface area contributed by atoms with Gasteiger partial charge < -0.3 is 9.47 Å². The monoisotopic (exact) mass is 301 g/mol. The summed E-state index contributed by atoms with van der Waals surface area (Å²) in [6.45, 7) is 0.508. The Hall–Kier alpha value is -1.87. The van der Waals surface area contributed by atoms with E-state index in [0.29, 0.717) is 0 Å². The molecule has 10 heteroatoms. The molecule has 0 aromatic carbocycles. The van der Waals surface area contributed by atoms with E-state index < -0.39 is 41.4 Å². The zero-order chi connectivity index (χ0) is 15.9. The van der Waals surface area contributed by atoms with Crippen molar-refractivity contribution in [1.29, 1.82) is 0 Å². The molecule has 0 N–H and O–H groups in total. The Morgan fingerprint density at radius 2 is 1.55 bits per heavy atom. The van der Waals surface area contributed by atoms with Gasteiger partial charge in [0.1, 0.15) is 5.92 Å². The Balaban J connectivity index is 5.45. The molecule has 0 aromatic heterocycles. The van der Waals surface area contributed by atoms with Crippen LogP contribution in [0.1, 0.15) is 13.8 Å². The van der Waals surface area contributed by atoms with Gasteiger partial charge in [-0.05, 0) is 13.8 Å². The van der Waals surface area contributed by atoms with E-state index in [0.717, 1.165) is 0 Å². The molecule has 7 nitrogen and oxygen atoms in total. The van der Waals surface area contributed by atoms with Gasteiger partial charge in [0.05, 0.1) is 13.2 Å². The summed E-state index contributed by atoms with van der Waals surface area (Å²) in [4.78, 5) is 32.0. The molecule has 0 aliphatic carbocycles. The van der Waals surface area contributed by atoms with Gasteiger partial charge in [-0.1, -0.05) is 0 Å². The van der Waals surface area contributed by atoms with Crippen LogP contribution in [0.4, 0.5) is 13.2 Å². The number of nitro groups is 1. The molecule has 0 saturated carbocycles. The molecular formula is C10H14F3NO6. The van der Waals surface area contributed by atoms with Gasteiger partial charge >= 0.3 is 18.1 Å². The van der Waals surface area contributed by atoms with Crippen LogP contribution >= 0.6 is 0 Å². The quantitative estimate of drug-likeness (QED) is 0.303. The standard InChI is InChI=1S/C10H14F3NO6/c1-3-19-8(15)7(9(16)20-4-2)6(5-14(17)18)10(11,12)13/h6-7H,3-5H2,1-2H3. The number of ether oxygens (including phenoxy) is 2. The van der Waals surface area contributed by atoms with Crippen LogP contribution in [0.2, 0.25) is 0 Å². The van der Waals surface area contributed by atoms with Crippen LogP contribution < -0.4 is 0 Å². The topological polar surface area (TPSA) is 95.7 Å². The van der Waals surface area contributed by atoms with Crippen LogP contribution in [0, 0.1) is 22.0 Å².